The Balaban J connectivity index is 1.36. The molecule has 6 heteroatoms. The van der Waals surface area contributed by atoms with Gasteiger partial charge < -0.3 is 24.7 Å². The van der Waals surface area contributed by atoms with E-state index in [1.165, 1.54) is 16.5 Å². The van der Waals surface area contributed by atoms with E-state index in [9.17, 15) is 4.79 Å². The summed E-state index contributed by atoms with van der Waals surface area (Å²) >= 11 is 0. The molecule has 0 aliphatic carbocycles. The zero-order valence-electron chi connectivity index (χ0n) is 19.6. The molecular weight excluding hydrogens is 438 g/mol. The smallest absolute Gasteiger partial charge is 0.247 e. The van der Waals surface area contributed by atoms with Crippen molar-refractivity contribution in [1.82, 2.24) is 15.2 Å². The molecule has 0 radical (unpaired) electrons. The Labute approximate surface area is 204 Å². The van der Waals surface area contributed by atoms with E-state index < -0.39 is 0 Å². The molecule has 2 N–H and O–H groups in total. The van der Waals surface area contributed by atoms with Crippen LogP contribution in [0.1, 0.15) is 34.0 Å². The number of nitrogens with one attached hydrogen (secondary N) is 2. The predicted octanol–water partition coefficient (Wildman–Crippen LogP) is 4.80. The van der Waals surface area contributed by atoms with Gasteiger partial charge in [-0.25, -0.2) is 0 Å². The Hall–Kier alpha value is -4.03. The number of ether oxygens (including phenoxy) is 2. The van der Waals surface area contributed by atoms with Crippen LogP contribution < -0.4 is 14.8 Å². The maximum absolute atomic E-state index is 13.5. The van der Waals surface area contributed by atoms with E-state index >= 15 is 0 Å². The van der Waals surface area contributed by atoms with Gasteiger partial charge in [-0.1, -0.05) is 48.5 Å². The number of rotatable bonds is 5. The maximum atomic E-state index is 13.5. The summed E-state index contributed by atoms with van der Waals surface area (Å²) in [4.78, 5) is 19.1. The van der Waals surface area contributed by atoms with Gasteiger partial charge in [0, 0.05) is 35.8 Å². The number of aromatic amines is 1. The van der Waals surface area contributed by atoms with Gasteiger partial charge in [-0.15, -0.1) is 0 Å². The molecule has 4 aromatic rings. The lowest BCUT2D eigenvalue weighted by Crippen LogP contribution is -2.39. The molecule has 0 saturated carbocycles. The van der Waals surface area contributed by atoms with Crippen molar-refractivity contribution < 1.29 is 14.3 Å². The molecule has 2 aliphatic heterocycles. The molecule has 0 spiro atoms. The second-order valence-corrected chi connectivity index (χ2v) is 8.96. The first-order valence-corrected chi connectivity index (χ1v) is 11.9. The fourth-order valence-electron chi connectivity index (χ4n) is 5.12. The van der Waals surface area contributed by atoms with E-state index in [2.05, 4.69) is 40.6 Å². The number of amides is 1. The Kier molecular flexibility index (Phi) is 5.51. The summed E-state index contributed by atoms with van der Waals surface area (Å²) in [6.45, 7) is 1.68. The van der Waals surface area contributed by atoms with Crippen LogP contribution in [0.5, 0.6) is 11.5 Å². The fraction of sp³-hybridized carbons (Fsp3) is 0.207. The molecule has 0 fully saturated rings. The standard InChI is InChI=1S/C29H27N3O3/c1-30-17-20-8-6-19(7-9-20)10-13-27(33)32-15-14-23-22-4-2-3-5-24(22)31-28(23)29(32)21-11-12-25-26(16-21)35-18-34-25/h2-13,16,29-31H,14-15,17-18H2,1H3/b13-10+. The average Bonchev–Trinajstić information content (AvgIpc) is 3.51. The lowest BCUT2D eigenvalue weighted by atomic mass is 9.92. The largest absolute Gasteiger partial charge is 0.454 e. The molecular formula is C29H27N3O3. The topological polar surface area (TPSA) is 66.6 Å². The van der Waals surface area contributed by atoms with E-state index in [1.807, 2.05) is 54.4 Å². The number of hydrogen-bond acceptors (Lipinski definition) is 4. The van der Waals surface area contributed by atoms with Gasteiger partial charge in [0.2, 0.25) is 12.7 Å². The number of para-hydroxylation sites is 1. The van der Waals surface area contributed by atoms with Crippen LogP contribution >= 0.6 is 0 Å². The van der Waals surface area contributed by atoms with Gasteiger partial charge in [-0.3, -0.25) is 4.79 Å². The Bertz CT molecular complexity index is 1420. The third-order valence-corrected chi connectivity index (χ3v) is 6.81. The summed E-state index contributed by atoms with van der Waals surface area (Å²) < 4.78 is 11.2. The van der Waals surface area contributed by atoms with Gasteiger partial charge in [-0.2, -0.15) is 0 Å². The van der Waals surface area contributed by atoms with E-state index in [1.54, 1.807) is 6.08 Å². The fourth-order valence-corrected chi connectivity index (χ4v) is 5.12. The number of aromatic nitrogens is 1. The summed E-state index contributed by atoms with van der Waals surface area (Å²) in [6.07, 6.45) is 4.38. The lowest BCUT2D eigenvalue weighted by Gasteiger charge is -2.35. The monoisotopic (exact) mass is 465 g/mol. The first kappa shape index (κ1) is 21.5. The van der Waals surface area contributed by atoms with E-state index in [0.29, 0.717) is 6.54 Å². The number of carbonyl (C=O) groups is 1. The highest BCUT2D eigenvalue weighted by molar-refractivity contribution is 5.93. The minimum Gasteiger partial charge on any atom is -0.454 e. The molecule has 6 nitrogen and oxygen atoms in total. The van der Waals surface area contributed by atoms with Crippen LogP contribution in [-0.4, -0.2) is 36.2 Å². The summed E-state index contributed by atoms with van der Waals surface area (Å²) in [7, 11) is 1.93. The molecule has 3 aromatic carbocycles. The van der Waals surface area contributed by atoms with Crippen LogP contribution in [0.15, 0.2) is 72.8 Å². The maximum Gasteiger partial charge on any atom is 0.247 e. The first-order chi connectivity index (χ1) is 17.2. The lowest BCUT2D eigenvalue weighted by molar-refractivity contribution is -0.128. The van der Waals surface area contributed by atoms with Crippen LogP contribution in [0, 0.1) is 0 Å². The number of fused-ring (bicyclic) bond motifs is 4. The molecule has 3 heterocycles. The van der Waals surface area contributed by atoms with Crippen molar-refractivity contribution in [2.45, 2.75) is 19.0 Å². The summed E-state index contributed by atoms with van der Waals surface area (Å²) in [5, 5.41) is 4.37. The Morgan fingerprint density at radius 3 is 2.77 bits per heavy atom. The van der Waals surface area contributed by atoms with E-state index in [4.69, 9.17) is 9.47 Å². The van der Waals surface area contributed by atoms with Crippen LogP contribution in [0.4, 0.5) is 0 Å². The van der Waals surface area contributed by atoms with Crippen LogP contribution in [0.25, 0.3) is 17.0 Å². The van der Waals surface area contributed by atoms with Crippen molar-refractivity contribution in [3.05, 3.63) is 101 Å². The molecule has 6 rings (SSSR count). The van der Waals surface area contributed by atoms with Crippen LogP contribution in [0.3, 0.4) is 0 Å². The predicted molar refractivity (Wildman–Crippen MR) is 136 cm³/mol. The second kappa shape index (κ2) is 8.96. The molecule has 1 unspecified atom stereocenters. The average molecular weight is 466 g/mol. The second-order valence-electron chi connectivity index (χ2n) is 8.96. The highest BCUT2D eigenvalue weighted by atomic mass is 16.7. The van der Waals surface area contributed by atoms with Gasteiger partial charge in [0.1, 0.15) is 0 Å². The zero-order chi connectivity index (χ0) is 23.8. The van der Waals surface area contributed by atoms with Gasteiger partial charge in [-0.05, 0) is 60.0 Å². The molecule has 2 aliphatic rings. The van der Waals surface area contributed by atoms with Gasteiger partial charge in [0.05, 0.1) is 6.04 Å². The quantitative estimate of drug-likeness (QED) is 0.416. The molecule has 0 saturated heterocycles. The van der Waals surface area contributed by atoms with Crippen molar-refractivity contribution in [2.24, 2.45) is 0 Å². The number of carbonyl (C=O) groups excluding carboxylic acids is 1. The van der Waals surface area contributed by atoms with E-state index in [-0.39, 0.29) is 18.7 Å². The van der Waals surface area contributed by atoms with E-state index in [0.717, 1.165) is 46.8 Å². The summed E-state index contributed by atoms with van der Waals surface area (Å²) in [5.41, 5.74) is 6.64. The third kappa shape index (κ3) is 3.96. The molecule has 176 valence electrons. The van der Waals surface area contributed by atoms with Gasteiger partial charge >= 0.3 is 0 Å². The van der Waals surface area contributed by atoms with Crippen molar-refractivity contribution in [1.29, 1.82) is 0 Å². The van der Waals surface area contributed by atoms with Crippen molar-refractivity contribution in [2.75, 3.05) is 20.4 Å². The van der Waals surface area contributed by atoms with Gasteiger partial charge in [0.25, 0.3) is 0 Å². The van der Waals surface area contributed by atoms with Crippen molar-refractivity contribution in [3.8, 4) is 11.5 Å². The zero-order valence-corrected chi connectivity index (χ0v) is 19.6. The molecule has 1 atom stereocenters. The highest BCUT2D eigenvalue weighted by Gasteiger charge is 2.34. The van der Waals surface area contributed by atoms with Crippen molar-refractivity contribution in [3.63, 3.8) is 0 Å². The molecule has 1 amide bonds. The highest BCUT2D eigenvalue weighted by Crippen LogP contribution is 2.42. The summed E-state index contributed by atoms with van der Waals surface area (Å²) in [5.74, 6) is 1.44. The molecule has 35 heavy (non-hydrogen) atoms. The third-order valence-electron chi connectivity index (χ3n) is 6.81. The number of hydrogen-bond donors (Lipinski definition) is 2. The first-order valence-electron chi connectivity index (χ1n) is 11.9. The van der Waals surface area contributed by atoms with Crippen LogP contribution in [0.2, 0.25) is 0 Å². The number of H-pyrrole nitrogens is 1. The molecule has 1 aromatic heterocycles. The van der Waals surface area contributed by atoms with Gasteiger partial charge in [0.15, 0.2) is 11.5 Å². The van der Waals surface area contributed by atoms with Crippen molar-refractivity contribution >= 4 is 22.9 Å². The summed E-state index contributed by atoms with van der Waals surface area (Å²) in [6, 6.07) is 22.3. The minimum atomic E-state index is -0.240. The number of nitrogens with zero attached hydrogens (tertiary/aromatic N) is 1. The number of benzene rings is 3. The molecule has 0 bridgehead atoms. The van der Waals surface area contributed by atoms with Crippen LogP contribution in [-0.2, 0) is 17.8 Å². The SMILES string of the molecule is CNCc1ccc(/C=C/C(=O)N2CCc3c([nH]c4ccccc34)C2c2ccc3c(c2)OCO3)cc1. The minimum absolute atomic E-state index is 0.0173. The Morgan fingerprint density at radius 1 is 1.09 bits per heavy atom. The Morgan fingerprint density at radius 2 is 1.91 bits per heavy atom. The normalized spacial score (nSPS) is 16.7.